The van der Waals surface area contributed by atoms with Crippen molar-refractivity contribution in [2.75, 3.05) is 33.5 Å². The maximum atomic E-state index is 12.9. The van der Waals surface area contributed by atoms with Gasteiger partial charge < -0.3 is 14.6 Å². The van der Waals surface area contributed by atoms with Crippen LogP contribution in [0.25, 0.3) is 0 Å². The zero-order valence-electron chi connectivity index (χ0n) is 13.3. The molecule has 1 aromatic rings. The van der Waals surface area contributed by atoms with Crippen LogP contribution in [0.2, 0.25) is 0 Å². The minimum atomic E-state index is -3.67. The van der Waals surface area contributed by atoms with E-state index in [-0.39, 0.29) is 30.0 Å². The number of fused-ring (bicyclic) bond motifs is 1. The molecule has 9 heteroatoms. The van der Waals surface area contributed by atoms with Gasteiger partial charge in [0.25, 0.3) is 0 Å². The van der Waals surface area contributed by atoms with E-state index in [0.29, 0.717) is 31.7 Å². The molecule has 0 aliphatic carbocycles. The topological polar surface area (TPSA) is 96.4 Å². The highest BCUT2D eigenvalue weighted by Gasteiger charge is 2.34. The largest absolute Gasteiger partial charge is 0.480 e. The molecule has 3 rings (SSSR count). The van der Waals surface area contributed by atoms with Crippen LogP contribution in [0, 0.1) is 0 Å². The van der Waals surface area contributed by atoms with E-state index in [1.165, 1.54) is 10.4 Å². The van der Waals surface area contributed by atoms with Crippen molar-refractivity contribution in [1.29, 1.82) is 0 Å². The molecule has 1 N–H and O–H groups in total. The summed E-state index contributed by atoms with van der Waals surface area (Å²) in [5, 5.41) is 8.86. The van der Waals surface area contributed by atoms with Gasteiger partial charge in [0, 0.05) is 19.1 Å². The highest BCUT2D eigenvalue weighted by Crippen LogP contribution is 2.39. The second-order valence-electron chi connectivity index (χ2n) is 5.93. The average molecular weight is 356 g/mol. The Bertz CT molecular complexity index is 727. The molecule has 0 bridgehead atoms. The van der Waals surface area contributed by atoms with E-state index in [9.17, 15) is 13.2 Å². The number of piperidine rings is 1. The quantitative estimate of drug-likeness (QED) is 0.824. The Hall–Kier alpha value is -1.84. The third-order valence-electron chi connectivity index (χ3n) is 4.41. The molecular weight excluding hydrogens is 336 g/mol. The Labute approximate surface area is 140 Å². The maximum absolute atomic E-state index is 12.9. The van der Waals surface area contributed by atoms with Crippen LogP contribution in [-0.2, 0) is 14.8 Å². The number of carboxylic acid groups (broad SMARTS) is 1. The lowest BCUT2D eigenvalue weighted by molar-refractivity contribution is -0.138. The van der Waals surface area contributed by atoms with Crippen LogP contribution in [-0.4, -0.2) is 68.2 Å². The first-order chi connectivity index (χ1) is 11.4. The van der Waals surface area contributed by atoms with Crippen molar-refractivity contribution in [3.63, 3.8) is 0 Å². The summed E-state index contributed by atoms with van der Waals surface area (Å²) in [4.78, 5) is 12.7. The third kappa shape index (κ3) is 3.19. The summed E-state index contributed by atoms with van der Waals surface area (Å²) in [7, 11) is -1.92. The summed E-state index contributed by atoms with van der Waals surface area (Å²) >= 11 is 0. The Morgan fingerprint density at radius 1 is 1.33 bits per heavy atom. The lowest BCUT2D eigenvalue weighted by atomic mass is 10.1. The SMILES string of the molecule is CN(CC(=O)O)C1CCN(S(=O)(=O)c2cccc3c2OCO3)CC1. The predicted molar refractivity (Wildman–Crippen MR) is 84.6 cm³/mol. The van der Waals surface area contributed by atoms with Crippen molar-refractivity contribution in [2.24, 2.45) is 0 Å². The maximum Gasteiger partial charge on any atom is 0.317 e. The molecule has 24 heavy (non-hydrogen) atoms. The monoisotopic (exact) mass is 356 g/mol. The van der Waals surface area contributed by atoms with Gasteiger partial charge in [-0.2, -0.15) is 4.31 Å². The third-order valence-corrected chi connectivity index (χ3v) is 6.33. The molecule has 8 nitrogen and oxygen atoms in total. The minimum absolute atomic E-state index is 0.0178. The van der Waals surface area contributed by atoms with Gasteiger partial charge in [-0.15, -0.1) is 0 Å². The van der Waals surface area contributed by atoms with E-state index in [2.05, 4.69) is 0 Å². The van der Waals surface area contributed by atoms with Gasteiger partial charge >= 0.3 is 5.97 Å². The van der Waals surface area contributed by atoms with Crippen LogP contribution in [0.5, 0.6) is 11.5 Å². The first kappa shape index (κ1) is 17.0. The fraction of sp³-hybridized carbons (Fsp3) is 0.533. The molecule has 0 spiro atoms. The van der Waals surface area contributed by atoms with Crippen LogP contribution in [0.4, 0.5) is 0 Å². The van der Waals surface area contributed by atoms with Crippen LogP contribution in [0.15, 0.2) is 23.1 Å². The standard InChI is InChI=1S/C15H20N2O6S/c1-16(9-14(18)19)11-5-7-17(8-6-11)24(20,21)13-4-2-3-12-15(13)23-10-22-12/h2-4,11H,5-10H2,1H3,(H,18,19). The van der Waals surface area contributed by atoms with E-state index in [1.54, 1.807) is 24.1 Å². The minimum Gasteiger partial charge on any atom is -0.480 e. The average Bonchev–Trinajstić information content (AvgIpc) is 3.02. The lowest BCUT2D eigenvalue weighted by Gasteiger charge is -2.35. The molecule has 0 atom stereocenters. The molecule has 0 aromatic heterocycles. The van der Waals surface area contributed by atoms with Gasteiger partial charge in [-0.1, -0.05) is 6.07 Å². The molecule has 0 amide bonds. The molecule has 2 aliphatic rings. The van der Waals surface area contributed by atoms with Crippen LogP contribution >= 0.6 is 0 Å². The summed E-state index contributed by atoms with van der Waals surface area (Å²) in [5.74, 6) is -0.181. The Morgan fingerprint density at radius 2 is 2.04 bits per heavy atom. The van der Waals surface area contributed by atoms with E-state index in [4.69, 9.17) is 14.6 Å². The van der Waals surface area contributed by atoms with Gasteiger partial charge in [-0.25, -0.2) is 8.42 Å². The number of hydrogen-bond acceptors (Lipinski definition) is 6. The van der Waals surface area contributed by atoms with Crippen molar-refractivity contribution < 1.29 is 27.8 Å². The Kier molecular flexibility index (Phi) is 4.66. The number of rotatable bonds is 5. The fourth-order valence-electron chi connectivity index (χ4n) is 3.11. The molecular formula is C15H20N2O6S. The van der Waals surface area contributed by atoms with Gasteiger partial charge in [0.05, 0.1) is 6.54 Å². The van der Waals surface area contributed by atoms with Crippen molar-refractivity contribution in [2.45, 2.75) is 23.8 Å². The molecule has 1 fully saturated rings. The molecule has 132 valence electrons. The van der Waals surface area contributed by atoms with Crippen LogP contribution in [0.1, 0.15) is 12.8 Å². The molecule has 0 radical (unpaired) electrons. The van der Waals surface area contributed by atoms with Gasteiger partial charge in [-0.3, -0.25) is 9.69 Å². The zero-order valence-corrected chi connectivity index (χ0v) is 14.2. The van der Waals surface area contributed by atoms with Gasteiger partial charge in [-0.05, 0) is 32.0 Å². The Balaban J connectivity index is 1.72. The molecule has 2 heterocycles. The number of likely N-dealkylation sites (N-methyl/N-ethyl adjacent to an activating group) is 1. The Morgan fingerprint density at radius 3 is 2.71 bits per heavy atom. The highest BCUT2D eigenvalue weighted by atomic mass is 32.2. The second kappa shape index (κ2) is 6.58. The first-order valence-corrected chi connectivity index (χ1v) is 9.14. The van der Waals surface area contributed by atoms with Crippen LogP contribution < -0.4 is 9.47 Å². The lowest BCUT2D eigenvalue weighted by Crippen LogP contribution is -2.46. The fourth-order valence-corrected chi connectivity index (χ4v) is 4.73. The van der Waals surface area contributed by atoms with E-state index in [0.717, 1.165) is 0 Å². The van der Waals surface area contributed by atoms with Crippen molar-refractivity contribution in [3.05, 3.63) is 18.2 Å². The van der Waals surface area contributed by atoms with Crippen LogP contribution in [0.3, 0.4) is 0 Å². The summed E-state index contributed by atoms with van der Waals surface area (Å²) in [6.07, 6.45) is 1.19. The molecule has 1 aromatic carbocycles. The molecule has 0 saturated carbocycles. The number of benzene rings is 1. The summed E-state index contributed by atoms with van der Waals surface area (Å²) in [5.41, 5.74) is 0. The second-order valence-corrected chi connectivity index (χ2v) is 7.84. The number of para-hydroxylation sites is 1. The van der Waals surface area contributed by atoms with Crippen molar-refractivity contribution >= 4 is 16.0 Å². The number of ether oxygens (including phenoxy) is 2. The number of aliphatic carboxylic acids is 1. The van der Waals surface area contributed by atoms with Gasteiger partial charge in [0.1, 0.15) is 4.90 Å². The molecule has 0 unspecified atom stereocenters. The molecule has 2 aliphatic heterocycles. The summed E-state index contributed by atoms with van der Waals surface area (Å²) in [6.45, 7) is 0.668. The number of hydrogen-bond donors (Lipinski definition) is 1. The predicted octanol–water partition coefficient (Wildman–Crippen LogP) is 0.585. The highest BCUT2D eigenvalue weighted by molar-refractivity contribution is 7.89. The van der Waals surface area contributed by atoms with Crippen molar-refractivity contribution in [1.82, 2.24) is 9.21 Å². The number of sulfonamides is 1. The van der Waals surface area contributed by atoms with E-state index < -0.39 is 16.0 Å². The summed E-state index contributed by atoms with van der Waals surface area (Å²) in [6, 6.07) is 4.89. The van der Waals surface area contributed by atoms with E-state index in [1.807, 2.05) is 0 Å². The van der Waals surface area contributed by atoms with Crippen molar-refractivity contribution in [3.8, 4) is 11.5 Å². The van der Waals surface area contributed by atoms with Gasteiger partial charge in [0.2, 0.25) is 16.8 Å². The summed E-state index contributed by atoms with van der Waals surface area (Å²) < 4.78 is 37.7. The number of carbonyl (C=O) groups is 1. The normalized spacial score (nSPS) is 18.9. The number of carboxylic acids is 1. The zero-order chi connectivity index (χ0) is 17.3. The number of nitrogens with zero attached hydrogens (tertiary/aromatic N) is 2. The first-order valence-electron chi connectivity index (χ1n) is 7.70. The smallest absolute Gasteiger partial charge is 0.317 e. The van der Waals surface area contributed by atoms with E-state index >= 15 is 0 Å². The molecule has 1 saturated heterocycles. The van der Waals surface area contributed by atoms with Gasteiger partial charge in [0.15, 0.2) is 11.5 Å².